The van der Waals surface area contributed by atoms with Crippen LogP contribution in [-0.4, -0.2) is 15.3 Å². The van der Waals surface area contributed by atoms with Crippen molar-refractivity contribution in [3.63, 3.8) is 0 Å². The van der Waals surface area contributed by atoms with Gasteiger partial charge in [-0.05, 0) is 19.1 Å². The van der Waals surface area contributed by atoms with Crippen LogP contribution in [0.15, 0.2) is 36.7 Å². The highest BCUT2D eigenvalue weighted by atomic mass is 32.1. The van der Waals surface area contributed by atoms with Crippen LogP contribution in [0.3, 0.4) is 0 Å². The fourth-order valence-electron chi connectivity index (χ4n) is 2.09. The quantitative estimate of drug-likeness (QED) is 0.795. The average molecular weight is 299 g/mol. The second-order valence-electron chi connectivity index (χ2n) is 5.38. The Bertz CT molecular complexity index is 769. The van der Waals surface area contributed by atoms with Crippen LogP contribution < -0.4 is 5.32 Å². The molecule has 3 aromatic rings. The smallest absolute Gasteiger partial charge is 0.226 e. The number of nitrogens with one attached hydrogen (secondary N) is 1. The first kappa shape index (κ1) is 13.8. The Hall–Kier alpha value is -2.14. The van der Waals surface area contributed by atoms with E-state index in [-0.39, 0.29) is 11.8 Å². The van der Waals surface area contributed by atoms with Gasteiger partial charge in [0.1, 0.15) is 0 Å². The van der Waals surface area contributed by atoms with Gasteiger partial charge in [0.15, 0.2) is 4.96 Å². The highest BCUT2D eigenvalue weighted by molar-refractivity contribution is 7.17. The van der Waals surface area contributed by atoms with Crippen LogP contribution in [0.2, 0.25) is 0 Å². The van der Waals surface area contributed by atoms with E-state index in [1.807, 2.05) is 48.7 Å². The van der Waals surface area contributed by atoms with E-state index in [1.165, 1.54) is 4.88 Å². The molecule has 2 aromatic heterocycles. The van der Waals surface area contributed by atoms with E-state index < -0.39 is 0 Å². The number of aromatic nitrogens is 2. The van der Waals surface area contributed by atoms with Crippen LogP contribution >= 0.6 is 11.3 Å². The Kier molecular flexibility index (Phi) is 3.51. The molecule has 0 saturated heterocycles. The Morgan fingerprint density at radius 1 is 1.33 bits per heavy atom. The Labute approximate surface area is 127 Å². The number of carbonyl (C=O) groups excluding carboxylic acids is 1. The van der Waals surface area contributed by atoms with Gasteiger partial charge < -0.3 is 5.32 Å². The maximum Gasteiger partial charge on any atom is 0.226 e. The van der Waals surface area contributed by atoms with Gasteiger partial charge in [-0.1, -0.05) is 26.0 Å². The summed E-state index contributed by atoms with van der Waals surface area (Å²) >= 11 is 1.67. The Morgan fingerprint density at radius 3 is 2.86 bits per heavy atom. The van der Waals surface area contributed by atoms with Gasteiger partial charge in [-0.15, -0.1) is 11.3 Å². The van der Waals surface area contributed by atoms with Gasteiger partial charge in [-0.3, -0.25) is 9.20 Å². The molecule has 4 nitrogen and oxygen atoms in total. The summed E-state index contributed by atoms with van der Waals surface area (Å²) in [7, 11) is 0. The maximum atomic E-state index is 11.8. The van der Waals surface area contributed by atoms with Gasteiger partial charge in [0, 0.05) is 34.4 Å². The predicted molar refractivity (Wildman–Crippen MR) is 86.7 cm³/mol. The van der Waals surface area contributed by atoms with Crippen LogP contribution in [-0.2, 0) is 4.79 Å². The molecular weight excluding hydrogens is 282 g/mol. The molecule has 1 N–H and O–H groups in total. The number of thiazole rings is 1. The van der Waals surface area contributed by atoms with Gasteiger partial charge in [0.25, 0.3) is 0 Å². The fourth-order valence-corrected chi connectivity index (χ4v) is 2.90. The van der Waals surface area contributed by atoms with E-state index in [2.05, 4.69) is 23.4 Å². The van der Waals surface area contributed by atoms with E-state index in [1.54, 1.807) is 11.3 Å². The highest BCUT2D eigenvalue weighted by Gasteiger charge is 2.10. The van der Waals surface area contributed by atoms with Gasteiger partial charge in [-0.2, -0.15) is 0 Å². The first-order chi connectivity index (χ1) is 10.0. The standard InChI is InChI=1S/C16H17N3OS/c1-10(2)15(20)17-13-6-4-5-12(7-13)14-9-19-8-11(3)21-16(19)18-14/h4-10H,1-3H3,(H,17,20). The minimum absolute atomic E-state index is 0.0219. The third kappa shape index (κ3) is 2.83. The molecule has 0 bridgehead atoms. The van der Waals surface area contributed by atoms with E-state index in [9.17, 15) is 4.79 Å². The molecule has 3 rings (SSSR count). The summed E-state index contributed by atoms with van der Waals surface area (Å²) < 4.78 is 2.04. The van der Waals surface area contributed by atoms with Crippen molar-refractivity contribution in [2.45, 2.75) is 20.8 Å². The van der Waals surface area contributed by atoms with Crippen molar-refractivity contribution in [2.24, 2.45) is 5.92 Å². The van der Waals surface area contributed by atoms with Crippen molar-refractivity contribution < 1.29 is 4.79 Å². The minimum atomic E-state index is -0.0328. The number of anilines is 1. The number of amides is 1. The van der Waals surface area contributed by atoms with Crippen LogP contribution in [0.4, 0.5) is 5.69 Å². The molecule has 0 aliphatic heterocycles. The number of fused-ring (bicyclic) bond motifs is 1. The molecule has 2 heterocycles. The van der Waals surface area contributed by atoms with Gasteiger partial charge in [0.2, 0.25) is 5.91 Å². The summed E-state index contributed by atoms with van der Waals surface area (Å²) in [6.07, 6.45) is 4.09. The molecule has 108 valence electrons. The lowest BCUT2D eigenvalue weighted by atomic mass is 10.1. The van der Waals surface area contributed by atoms with Crippen LogP contribution in [0, 0.1) is 12.8 Å². The third-order valence-corrected chi connectivity index (χ3v) is 4.13. The zero-order chi connectivity index (χ0) is 15.0. The number of aryl methyl sites for hydroxylation is 1. The fraction of sp³-hybridized carbons (Fsp3) is 0.250. The maximum absolute atomic E-state index is 11.8. The molecule has 21 heavy (non-hydrogen) atoms. The molecule has 0 spiro atoms. The summed E-state index contributed by atoms with van der Waals surface area (Å²) in [5.74, 6) is -0.0109. The van der Waals surface area contributed by atoms with E-state index in [0.29, 0.717) is 0 Å². The zero-order valence-corrected chi connectivity index (χ0v) is 13.1. The van der Waals surface area contributed by atoms with E-state index in [0.717, 1.165) is 21.9 Å². The second-order valence-corrected chi connectivity index (χ2v) is 6.60. The van der Waals surface area contributed by atoms with Crippen molar-refractivity contribution in [3.8, 4) is 11.3 Å². The highest BCUT2D eigenvalue weighted by Crippen LogP contribution is 2.25. The molecule has 0 aliphatic rings. The van der Waals surface area contributed by atoms with Crippen molar-refractivity contribution in [1.29, 1.82) is 0 Å². The summed E-state index contributed by atoms with van der Waals surface area (Å²) in [6, 6.07) is 7.79. The largest absolute Gasteiger partial charge is 0.326 e. The number of hydrogen-bond donors (Lipinski definition) is 1. The monoisotopic (exact) mass is 299 g/mol. The van der Waals surface area contributed by atoms with Crippen molar-refractivity contribution in [3.05, 3.63) is 41.5 Å². The lowest BCUT2D eigenvalue weighted by molar-refractivity contribution is -0.118. The third-order valence-electron chi connectivity index (χ3n) is 3.22. The van der Waals surface area contributed by atoms with Gasteiger partial charge >= 0.3 is 0 Å². The zero-order valence-electron chi connectivity index (χ0n) is 12.3. The molecule has 1 amide bonds. The van der Waals surface area contributed by atoms with E-state index >= 15 is 0 Å². The van der Waals surface area contributed by atoms with Crippen molar-refractivity contribution >= 4 is 27.9 Å². The van der Waals surface area contributed by atoms with Crippen molar-refractivity contribution in [1.82, 2.24) is 9.38 Å². The molecule has 0 atom stereocenters. The number of benzene rings is 1. The van der Waals surface area contributed by atoms with Crippen molar-refractivity contribution in [2.75, 3.05) is 5.32 Å². The van der Waals surface area contributed by atoms with Crippen LogP contribution in [0.1, 0.15) is 18.7 Å². The lowest BCUT2D eigenvalue weighted by Gasteiger charge is -2.08. The first-order valence-electron chi connectivity index (χ1n) is 6.89. The second kappa shape index (κ2) is 5.33. The predicted octanol–water partition coefficient (Wildman–Crippen LogP) is 3.97. The number of carbonyl (C=O) groups is 1. The minimum Gasteiger partial charge on any atom is -0.326 e. The molecule has 0 radical (unpaired) electrons. The Morgan fingerprint density at radius 2 is 2.14 bits per heavy atom. The number of imidazole rings is 1. The average Bonchev–Trinajstić information content (AvgIpc) is 2.96. The van der Waals surface area contributed by atoms with Gasteiger partial charge in [-0.25, -0.2) is 4.98 Å². The molecule has 0 saturated carbocycles. The van der Waals surface area contributed by atoms with Gasteiger partial charge in [0.05, 0.1) is 5.69 Å². The first-order valence-corrected chi connectivity index (χ1v) is 7.71. The molecule has 0 aliphatic carbocycles. The number of nitrogens with zero attached hydrogens (tertiary/aromatic N) is 2. The summed E-state index contributed by atoms with van der Waals surface area (Å²) in [5, 5.41) is 2.92. The normalized spacial score (nSPS) is 11.2. The molecule has 5 heteroatoms. The lowest BCUT2D eigenvalue weighted by Crippen LogP contribution is -2.17. The number of hydrogen-bond acceptors (Lipinski definition) is 3. The Balaban J connectivity index is 1.91. The van der Waals surface area contributed by atoms with E-state index in [4.69, 9.17) is 0 Å². The summed E-state index contributed by atoms with van der Waals surface area (Å²) in [6.45, 7) is 5.83. The van der Waals surface area contributed by atoms with Crippen LogP contribution in [0.25, 0.3) is 16.2 Å². The summed E-state index contributed by atoms with van der Waals surface area (Å²) in [4.78, 5) is 18.6. The molecule has 0 unspecified atom stereocenters. The SMILES string of the molecule is Cc1cn2cc(-c3cccc(NC(=O)C(C)C)c3)nc2s1. The van der Waals surface area contributed by atoms with Crippen LogP contribution in [0.5, 0.6) is 0 Å². The number of rotatable bonds is 3. The molecule has 1 aromatic carbocycles. The molecule has 0 fully saturated rings. The summed E-state index contributed by atoms with van der Waals surface area (Å²) in [5.41, 5.74) is 2.73. The molecular formula is C16H17N3OS. The topological polar surface area (TPSA) is 46.4 Å².